The molecule has 2 aromatic rings. The van der Waals surface area contributed by atoms with Crippen LogP contribution in [0, 0.1) is 0 Å². The Kier molecular flexibility index (Phi) is 6.66. The largest absolute Gasteiger partial charge is 0.462 e. The number of ether oxygens (including phenoxy) is 1. The van der Waals surface area contributed by atoms with Crippen LogP contribution in [0.2, 0.25) is 0 Å². The van der Waals surface area contributed by atoms with Gasteiger partial charge in [-0.1, -0.05) is 43.3 Å². The SMILES string of the molecule is CCCOC(=O)c1cccc(N=C2S/C(=C/c3ccccc3)C(=O)N2CC)c1. The number of carbonyl (C=O) groups is 2. The number of benzene rings is 2. The lowest BCUT2D eigenvalue weighted by atomic mass is 10.2. The van der Waals surface area contributed by atoms with Crippen molar-refractivity contribution in [1.29, 1.82) is 0 Å². The molecule has 1 amide bonds. The summed E-state index contributed by atoms with van der Waals surface area (Å²) in [6, 6.07) is 16.7. The van der Waals surface area contributed by atoms with Crippen molar-refractivity contribution in [2.45, 2.75) is 20.3 Å². The fraction of sp³-hybridized carbons (Fsp3) is 0.227. The highest BCUT2D eigenvalue weighted by Crippen LogP contribution is 2.34. The van der Waals surface area contributed by atoms with Crippen molar-refractivity contribution in [2.24, 2.45) is 4.99 Å². The third-order valence-corrected chi connectivity index (χ3v) is 5.05. The molecule has 1 heterocycles. The number of thioether (sulfide) groups is 1. The summed E-state index contributed by atoms with van der Waals surface area (Å²) in [7, 11) is 0. The Balaban J connectivity index is 1.86. The Labute approximate surface area is 169 Å². The van der Waals surface area contributed by atoms with Crippen LogP contribution in [0.3, 0.4) is 0 Å². The summed E-state index contributed by atoms with van der Waals surface area (Å²) >= 11 is 1.34. The van der Waals surface area contributed by atoms with Gasteiger partial charge in [0.05, 0.1) is 22.8 Å². The van der Waals surface area contributed by atoms with E-state index in [1.165, 1.54) is 11.8 Å². The molecular formula is C22H22N2O3S. The highest BCUT2D eigenvalue weighted by molar-refractivity contribution is 8.18. The van der Waals surface area contributed by atoms with Crippen LogP contribution in [-0.4, -0.2) is 35.1 Å². The molecule has 144 valence electrons. The van der Waals surface area contributed by atoms with Gasteiger partial charge in [-0.2, -0.15) is 0 Å². The Bertz CT molecular complexity index is 922. The van der Waals surface area contributed by atoms with E-state index in [4.69, 9.17) is 4.74 Å². The highest BCUT2D eigenvalue weighted by Gasteiger charge is 2.32. The predicted molar refractivity (Wildman–Crippen MR) is 114 cm³/mol. The lowest BCUT2D eigenvalue weighted by Gasteiger charge is -2.12. The van der Waals surface area contributed by atoms with Crippen LogP contribution in [-0.2, 0) is 9.53 Å². The molecule has 0 N–H and O–H groups in total. The Hall–Kier alpha value is -2.86. The predicted octanol–water partition coefficient (Wildman–Crippen LogP) is 4.88. The van der Waals surface area contributed by atoms with E-state index in [2.05, 4.69) is 4.99 Å². The third-order valence-electron chi connectivity index (χ3n) is 4.05. The second-order valence-electron chi connectivity index (χ2n) is 6.15. The molecule has 0 unspecified atom stereocenters. The van der Waals surface area contributed by atoms with Gasteiger partial charge in [0.1, 0.15) is 0 Å². The maximum Gasteiger partial charge on any atom is 0.338 e. The summed E-state index contributed by atoms with van der Waals surface area (Å²) in [6.45, 7) is 4.77. The monoisotopic (exact) mass is 394 g/mol. The molecule has 0 saturated carbocycles. The van der Waals surface area contributed by atoms with Crippen LogP contribution in [0.25, 0.3) is 6.08 Å². The van der Waals surface area contributed by atoms with Crippen molar-refractivity contribution in [3.8, 4) is 0 Å². The normalized spacial score (nSPS) is 16.8. The molecule has 1 aliphatic heterocycles. The van der Waals surface area contributed by atoms with E-state index in [-0.39, 0.29) is 11.9 Å². The van der Waals surface area contributed by atoms with Crippen molar-refractivity contribution >= 4 is 40.6 Å². The van der Waals surface area contributed by atoms with Crippen molar-refractivity contribution < 1.29 is 14.3 Å². The first-order chi connectivity index (χ1) is 13.6. The van der Waals surface area contributed by atoms with Gasteiger partial charge in [0, 0.05) is 6.54 Å². The number of hydrogen-bond acceptors (Lipinski definition) is 5. The molecule has 5 nitrogen and oxygen atoms in total. The summed E-state index contributed by atoms with van der Waals surface area (Å²) in [4.78, 5) is 31.7. The van der Waals surface area contributed by atoms with Gasteiger partial charge in [-0.3, -0.25) is 9.69 Å². The zero-order valence-electron chi connectivity index (χ0n) is 15.9. The molecule has 1 aliphatic rings. The summed E-state index contributed by atoms with van der Waals surface area (Å²) in [5.41, 5.74) is 2.03. The van der Waals surface area contributed by atoms with Crippen LogP contribution < -0.4 is 0 Å². The van der Waals surface area contributed by atoms with Gasteiger partial charge in [0.25, 0.3) is 5.91 Å². The van der Waals surface area contributed by atoms with E-state index >= 15 is 0 Å². The van der Waals surface area contributed by atoms with Gasteiger partial charge < -0.3 is 4.74 Å². The van der Waals surface area contributed by atoms with Crippen molar-refractivity contribution in [3.63, 3.8) is 0 Å². The van der Waals surface area contributed by atoms with Gasteiger partial charge in [-0.15, -0.1) is 0 Å². The number of rotatable bonds is 6. The first-order valence-electron chi connectivity index (χ1n) is 9.24. The molecule has 0 bridgehead atoms. The number of nitrogens with zero attached hydrogens (tertiary/aromatic N) is 2. The standard InChI is InChI=1S/C22H22N2O3S/c1-3-13-27-21(26)17-11-8-12-18(15-17)23-22-24(4-2)20(25)19(28-22)14-16-9-6-5-7-10-16/h5-12,14-15H,3-4,13H2,1-2H3/b19-14+,23-22?. The van der Waals surface area contributed by atoms with Gasteiger partial charge >= 0.3 is 5.97 Å². The van der Waals surface area contributed by atoms with Crippen LogP contribution in [0.4, 0.5) is 5.69 Å². The van der Waals surface area contributed by atoms with Crippen molar-refractivity contribution in [3.05, 3.63) is 70.6 Å². The Morgan fingerprint density at radius 2 is 1.93 bits per heavy atom. The number of esters is 1. The zero-order valence-corrected chi connectivity index (χ0v) is 16.7. The maximum absolute atomic E-state index is 12.7. The smallest absolute Gasteiger partial charge is 0.338 e. The first kappa shape index (κ1) is 19.9. The molecule has 1 saturated heterocycles. The average molecular weight is 394 g/mol. The van der Waals surface area contributed by atoms with Crippen LogP contribution in [0.5, 0.6) is 0 Å². The molecule has 1 fully saturated rings. The topological polar surface area (TPSA) is 59.0 Å². The molecule has 0 aromatic heterocycles. The summed E-state index contributed by atoms with van der Waals surface area (Å²) in [5.74, 6) is -0.426. The highest BCUT2D eigenvalue weighted by atomic mass is 32.2. The summed E-state index contributed by atoms with van der Waals surface area (Å²) in [5, 5.41) is 0.605. The van der Waals surface area contributed by atoms with Gasteiger partial charge in [-0.25, -0.2) is 9.79 Å². The molecule has 0 aliphatic carbocycles. The Morgan fingerprint density at radius 1 is 1.14 bits per heavy atom. The van der Waals surface area contributed by atoms with E-state index in [9.17, 15) is 9.59 Å². The molecule has 0 atom stereocenters. The van der Waals surface area contributed by atoms with E-state index in [1.54, 1.807) is 29.2 Å². The summed E-state index contributed by atoms with van der Waals surface area (Å²) < 4.78 is 5.18. The second kappa shape index (κ2) is 9.37. The zero-order chi connectivity index (χ0) is 19.9. The molecule has 6 heteroatoms. The molecule has 28 heavy (non-hydrogen) atoms. The lowest BCUT2D eigenvalue weighted by Crippen LogP contribution is -2.28. The lowest BCUT2D eigenvalue weighted by molar-refractivity contribution is -0.122. The van der Waals surface area contributed by atoms with E-state index < -0.39 is 0 Å². The number of hydrogen-bond donors (Lipinski definition) is 0. The molecule has 3 rings (SSSR count). The van der Waals surface area contributed by atoms with Crippen molar-refractivity contribution in [2.75, 3.05) is 13.2 Å². The number of amides is 1. The number of amidine groups is 1. The first-order valence-corrected chi connectivity index (χ1v) is 10.1. The third kappa shape index (κ3) is 4.70. The fourth-order valence-electron chi connectivity index (χ4n) is 2.66. The van der Waals surface area contributed by atoms with Gasteiger partial charge in [0.2, 0.25) is 0 Å². The minimum absolute atomic E-state index is 0.0615. The van der Waals surface area contributed by atoms with Gasteiger partial charge in [-0.05, 0) is 54.9 Å². The minimum Gasteiger partial charge on any atom is -0.462 e. The maximum atomic E-state index is 12.7. The quantitative estimate of drug-likeness (QED) is 0.518. The molecule has 0 spiro atoms. The second-order valence-corrected chi connectivity index (χ2v) is 7.16. The van der Waals surface area contributed by atoms with Crippen molar-refractivity contribution in [1.82, 2.24) is 4.90 Å². The minimum atomic E-state index is -0.365. The van der Waals surface area contributed by atoms with E-state index in [1.807, 2.05) is 50.3 Å². The average Bonchev–Trinajstić information content (AvgIpc) is 3.01. The van der Waals surface area contributed by atoms with E-state index in [0.29, 0.717) is 34.5 Å². The Morgan fingerprint density at radius 3 is 2.64 bits per heavy atom. The van der Waals surface area contributed by atoms with E-state index in [0.717, 1.165) is 12.0 Å². The number of carbonyl (C=O) groups excluding carboxylic acids is 2. The number of aliphatic imine (C=N–C) groups is 1. The summed E-state index contributed by atoms with van der Waals surface area (Å²) in [6.07, 6.45) is 2.64. The van der Waals surface area contributed by atoms with Crippen LogP contribution in [0.15, 0.2) is 64.5 Å². The molecule has 0 radical (unpaired) electrons. The fourth-order valence-corrected chi connectivity index (χ4v) is 3.72. The van der Waals surface area contributed by atoms with Gasteiger partial charge in [0.15, 0.2) is 5.17 Å². The number of likely N-dealkylation sites (N-methyl/N-ethyl adjacent to an activating group) is 1. The van der Waals surface area contributed by atoms with Crippen LogP contribution >= 0.6 is 11.8 Å². The molecular weight excluding hydrogens is 372 g/mol. The molecule has 2 aromatic carbocycles. The van der Waals surface area contributed by atoms with Crippen LogP contribution in [0.1, 0.15) is 36.2 Å².